The molecule has 2 aromatic rings. The number of fused-ring (bicyclic) bond motifs is 2. The third-order valence-corrected chi connectivity index (χ3v) is 3.66. The Morgan fingerprint density at radius 3 is 1.74 bits per heavy atom. The van der Waals surface area contributed by atoms with Gasteiger partial charge in [0.05, 0.1) is 14.2 Å². The average molecular weight is 252 g/mol. The van der Waals surface area contributed by atoms with Gasteiger partial charge in [-0.25, -0.2) is 0 Å². The predicted octanol–water partition coefficient (Wildman–Crippen LogP) is 3.67. The summed E-state index contributed by atoms with van der Waals surface area (Å²) in [5, 5.41) is 0. The molecule has 0 saturated heterocycles. The van der Waals surface area contributed by atoms with Crippen LogP contribution in [-0.4, -0.2) is 14.2 Å². The molecule has 3 rings (SSSR count). The van der Waals surface area contributed by atoms with E-state index in [-0.39, 0.29) is 0 Å². The number of methoxy groups -OCH3 is 2. The molecule has 2 aromatic carbocycles. The Hall–Kier alpha value is -2.22. The van der Waals surface area contributed by atoms with Crippen molar-refractivity contribution in [2.24, 2.45) is 0 Å². The van der Waals surface area contributed by atoms with E-state index in [1.54, 1.807) is 14.2 Å². The summed E-state index contributed by atoms with van der Waals surface area (Å²) >= 11 is 0. The SMILES string of the molecule is C=C1c2ccc(OC)cc2Cc2cc(OC)ccc21. The highest BCUT2D eigenvalue weighted by atomic mass is 16.5. The van der Waals surface area contributed by atoms with Crippen LogP contribution >= 0.6 is 0 Å². The highest BCUT2D eigenvalue weighted by Gasteiger charge is 2.19. The Kier molecular flexibility index (Phi) is 2.79. The normalized spacial score (nSPS) is 12.6. The lowest BCUT2D eigenvalue weighted by Gasteiger charge is -2.23. The summed E-state index contributed by atoms with van der Waals surface area (Å²) in [5.74, 6) is 1.77. The van der Waals surface area contributed by atoms with Gasteiger partial charge in [-0.1, -0.05) is 18.7 Å². The van der Waals surface area contributed by atoms with Crippen LogP contribution in [0.2, 0.25) is 0 Å². The van der Waals surface area contributed by atoms with E-state index in [0.29, 0.717) is 0 Å². The molecule has 19 heavy (non-hydrogen) atoms. The van der Waals surface area contributed by atoms with Crippen LogP contribution in [0.15, 0.2) is 43.0 Å². The molecule has 0 aromatic heterocycles. The number of rotatable bonds is 2. The topological polar surface area (TPSA) is 18.5 Å². The van der Waals surface area contributed by atoms with Crippen LogP contribution in [0.4, 0.5) is 0 Å². The van der Waals surface area contributed by atoms with E-state index in [1.165, 1.54) is 22.3 Å². The fourth-order valence-electron chi connectivity index (χ4n) is 2.63. The lowest BCUT2D eigenvalue weighted by atomic mass is 9.83. The molecule has 0 atom stereocenters. The Labute approximate surface area is 113 Å². The molecule has 0 bridgehead atoms. The monoisotopic (exact) mass is 252 g/mol. The molecule has 0 N–H and O–H groups in total. The second-order valence-electron chi connectivity index (χ2n) is 4.70. The molecule has 1 aliphatic rings. The molecule has 0 spiro atoms. The van der Waals surface area contributed by atoms with Crippen LogP contribution in [0.5, 0.6) is 11.5 Å². The molecule has 1 aliphatic carbocycles. The number of benzene rings is 2. The van der Waals surface area contributed by atoms with Crippen LogP contribution < -0.4 is 9.47 Å². The highest BCUT2D eigenvalue weighted by molar-refractivity contribution is 5.84. The van der Waals surface area contributed by atoms with Gasteiger partial charge in [-0.05, 0) is 58.5 Å². The molecule has 0 fully saturated rings. The van der Waals surface area contributed by atoms with Gasteiger partial charge in [0.1, 0.15) is 11.5 Å². The van der Waals surface area contributed by atoms with Crippen molar-refractivity contribution in [2.75, 3.05) is 14.2 Å². The molecule has 0 saturated carbocycles. The van der Waals surface area contributed by atoms with Crippen molar-refractivity contribution in [1.82, 2.24) is 0 Å². The first-order chi connectivity index (χ1) is 9.22. The van der Waals surface area contributed by atoms with Crippen LogP contribution in [0, 0.1) is 0 Å². The third-order valence-electron chi connectivity index (χ3n) is 3.66. The van der Waals surface area contributed by atoms with Gasteiger partial charge in [0, 0.05) is 0 Å². The smallest absolute Gasteiger partial charge is 0.119 e. The Balaban J connectivity index is 2.11. The maximum Gasteiger partial charge on any atom is 0.119 e. The quantitative estimate of drug-likeness (QED) is 0.693. The lowest BCUT2D eigenvalue weighted by molar-refractivity contribution is 0.413. The fourth-order valence-corrected chi connectivity index (χ4v) is 2.63. The fraction of sp³-hybridized carbons (Fsp3) is 0.176. The molecule has 2 nitrogen and oxygen atoms in total. The van der Waals surface area contributed by atoms with Crippen LogP contribution in [0.3, 0.4) is 0 Å². The van der Waals surface area contributed by atoms with E-state index in [9.17, 15) is 0 Å². The predicted molar refractivity (Wildman–Crippen MR) is 76.9 cm³/mol. The zero-order valence-corrected chi connectivity index (χ0v) is 11.2. The second-order valence-corrected chi connectivity index (χ2v) is 4.70. The van der Waals surface area contributed by atoms with Crippen molar-refractivity contribution in [3.63, 3.8) is 0 Å². The first-order valence-electron chi connectivity index (χ1n) is 6.26. The summed E-state index contributed by atoms with van der Waals surface area (Å²) in [7, 11) is 3.38. The molecule has 0 amide bonds. The second kappa shape index (κ2) is 4.47. The van der Waals surface area contributed by atoms with Gasteiger partial charge in [0.2, 0.25) is 0 Å². The Bertz CT molecular complexity index is 601. The molecular formula is C17H16O2. The summed E-state index contributed by atoms with van der Waals surface area (Å²) in [6, 6.07) is 12.3. The number of ether oxygens (including phenoxy) is 2. The van der Waals surface area contributed by atoms with Crippen molar-refractivity contribution in [3.05, 3.63) is 65.2 Å². The van der Waals surface area contributed by atoms with E-state index >= 15 is 0 Å². The van der Waals surface area contributed by atoms with E-state index in [0.717, 1.165) is 23.5 Å². The number of hydrogen-bond acceptors (Lipinski definition) is 2. The maximum absolute atomic E-state index is 5.29. The molecule has 0 heterocycles. The van der Waals surface area contributed by atoms with Crippen LogP contribution in [0.25, 0.3) is 5.57 Å². The third kappa shape index (κ3) is 1.89. The zero-order valence-electron chi connectivity index (χ0n) is 11.2. The lowest BCUT2D eigenvalue weighted by Crippen LogP contribution is -2.06. The summed E-state index contributed by atoms with van der Waals surface area (Å²) in [6.07, 6.45) is 0.887. The molecule has 0 aliphatic heterocycles. The highest BCUT2D eigenvalue weighted by Crippen LogP contribution is 2.37. The van der Waals surface area contributed by atoms with Crippen molar-refractivity contribution in [3.8, 4) is 11.5 Å². The molecular weight excluding hydrogens is 236 g/mol. The van der Waals surface area contributed by atoms with Gasteiger partial charge in [-0.15, -0.1) is 0 Å². The van der Waals surface area contributed by atoms with Crippen molar-refractivity contribution < 1.29 is 9.47 Å². The molecule has 0 radical (unpaired) electrons. The van der Waals surface area contributed by atoms with Gasteiger partial charge in [-0.3, -0.25) is 0 Å². The minimum atomic E-state index is 0.887. The first kappa shape index (κ1) is 11.8. The molecule has 0 unspecified atom stereocenters. The minimum absolute atomic E-state index is 0.887. The summed E-state index contributed by atoms with van der Waals surface area (Å²) in [6.45, 7) is 4.23. The van der Waals surface area contributed by atoms with E-state index < -0.39 is 0 Å². The van der Waals surface area contributed by atoms with Gasteiger partial charge in [0.25, 0.3) is 0 Å². The minimum Gasteiger partial charge on any atom is -0.497 e. The van der Waals surface area contributed by atoms with Gasteiger partial charge >= 0.3 is 0 Å². The van der Waals surface area contributed by atoms with Crippen LogP contribution in [0.1, 0.15) is 22.3 Å². The maximum atomic E-state index is 5.29. The van der Waals surface area contributed by atoms with Crippen molar-refractivity contribution >= 4 is 5.57 Å². The summed E-state index contributed by atoms with van der Waals surface area (Å²) < 4.78 is 10.6. The van der Waals surface area contributed by atoms with Gasteiger partial charge < -0.3 is 9.47 Å². The summed E-state index contributed by atoms with van der Waals surface area (Å²) in [5.41, 5.74) is 5.99. The summed E-state index contributed by atoms with van der Waals surface area (Å²) in [4.78, 5) is 0. The average Bonchev–Trinajstić information content (AvgIpc) is 2.46. The van der Waals surface area contributed by atoms with E-state index in [4.69, 9.17) is 9.47 Å². The van der Waals surface area contributed by atoms with Gasteiger partial charge in [-0.2, -0.15) is 0 Å². The van der Waals surface area contributed by atoms with Gasteiger partial charge in [0.15, 0.2) is 0 Å². The van der Waals surface area contributed by atoms with Crippen LogP contribution in [-0.2, 0) is 6.42 Å². The van der Waals surface area contributed by atoms with Crippen molar-refractivity contribution in [1.29, 1.82) is 0 Å². The molecule has 96 valence electrons. The standard InChI is InChI=1S/C17H16O2/c1-11-16-6-4-14(18-2)9-12(16)8-13-10-15(19-3)5-7-17(11)13/h4-7,9-10H,1,8H2,2-3H3. The van der Waals surface area contributed by atoms with E-state index in [2.05, 4.69) is 30.8 Å². The number of hydrogen-bond donors (Lipinski definition) is 0. The Morgan fingerprint density at radius 1 is 0.842 bits per heavy atom. The Morgan fingerprint density at radius 2 is 1.32 bits per heavy atom. The van der Waals surface area contributed by atoms with Crippen molar-refractivity contribution in [2.45, 2.75) is 6.42 Å². The van der Waals surface area contributed by atoms with E-state index in [1.807, 2.05) is 12.1 Å². The first-order valence-corrected chi connectivity index (χ1v) is 6.26. The molecule has 2 heteroatoms. The zero-order chi connectivity index (χ0) is 13.4. The largest absolute Gasteiger partial charge is 0.497 e.